The fraction of sp³-hybridized carbons (Fsp3) is 0. The summed E-state index contributed by atoms with van der Waals surface area (Å²) < 4.78 is 8.79. The number of fused-ring (bicyclic) bond motifs is 8. The van der Waals surface area contributed by atoms with Gasteiger partial charge in [0, 0.05) is 48.0 Å². The molecule has 0 atom stereocenters. The molecule has 0 unspecified atom stereocenters. The zero-order valence-corrected chi connectivity index (χ0v) is 24.0. The summed E-state index contributed by atoms with van der Waals surface area (Å²) in [6.45, 7) is 0. The number of benzene rings is 7. The second-order valence-electron chi connectivity index (χ2n) is 10.9. The van der Waals surface area contributed by atoms with E-state index in [0.29, 0.717) is 0 Å². The number of hydrogen-bond acceptors (Lipinski definition) is 3. The van der Waals surface area contributed by atoms with Crippen molar-refractivity contribution in [3.05, 3.63) is 152 Å². The Balaban J connectivity index is 1.19. The average Bonchev–Trinajstić information content (AvgIpc) is 3.64. The van der Waals surface area contributed by atoms with E-state index < -0.39 is 0 Å². The molecule has 43 heavy (non-hydrogen) atoms. The van der Waals surface area contributed by atoms with Gasteiger partial charge in [0.1, 0.15) is 11.2 Å². The van der Waals surface area contributed by atoms with E-state index in [2.05, 4.69) is 150 Å². The van der Waals surface area contributed by atoms with Crippen molar-refractivity contribution in [3.8, 4) is 11.1 Å². The molecule has 0 aliphatic heterocycles. The van der Waals surface area contributed by atoms with Gasteiger partial charge in [-0.05, 0) is 76.5 Å². The summed E-state index contributed by atoms with van der Waals surface area (Å²) in [6, 6.07) is 54.2. The first kappa shape index (κ1) is 24.2. The van der Waals surface area contributed by atoms with E-state index in [-0.39, 0.29) is 0 Å². The normalized spacial score (nSPS) is 11.7. The lowest BCUT2D eigenvalue weighted by Crippen LogP contribution is -2.09. The maximum absolute atomic E-state index is 6.21. The van der Waals surface area contributed by atoms with Crippen LogP contribution in [0.15, 0.2) is 156 Å². The molecule has 2 heterocycles. The van der Waals surface area contributed by atoms with Gasteiger partial charge in [0.25, 0.3) is 0 Å². The van der Waals surface area contributed by atoms with E-state index in [1.54, 1.807) is 0 Å². The number of rotatable bonds is 4. The van der Waals surface area contributed by atoms with Crippen LogP contribution < -0.4 is 4.90 Å². The maximum atomic E-state index is 6.21. The minimum Gasteiger partial charge on any atom is -0.456 e. The minimum atomic E-state index is 0.938. The quantitative estimate of drug-likeness (QED) is 0.210. The first-order chi connectivity index (χ1) is 21.3. The highest BCUT2D eigenvalue weighted by atomic mass is 32.1. The van der Waals surface area contributed by atoms with Crippen LogP contribution in [0.1, 0.15) is 0 Å². The molecule has 0 amide bonds. The summed E-state index contributed by atoms with van der Waals surface area (Å²) >= 11 is 1.87. The molecular formula is C40H25NOS. The third kappa shape index (κ3) is 3.86. The number of thiophene rings is 1. The monoisotopic (exact) mass is 567 g/mol. The summed E-state index contributed by atoms with van der Waals surface area (Å²) in [6.07, 6.45) is 0. The van der Waals surface area contributed by atoms with Gasteiger partial charge in [-0.2, -0.15) is 0 Å². The predicted molar refractivity (Wildman–Crippen MR) is 184 cm³/mol. The van der Waals surface area contributed by atoms with Gasteiger partial charge in [-0.25, -0.2) is 0 Å². The Morgan fingerprint density at radius 1 is 0.442 bits per heavy atom. The standard InChI is InChI=1S/C40H25NOS/c1-2-11-29(12-3-1)41(31-22-17-26-9-4-5-10-28(26)25-31)30-20-18-27(19-21-30)32-14-8-15-33-34-23-24-37-38(40(34)43-39(32)33)35-13-6-7-16-36(35)42-37/h1-25H. The van der Waals surface area contributed by atoms with Crippen LogP contribution >= 0.6 is 11.3 Å². The fourth-order valence-corrected chi connectivity index (χ4v) is 7.81. The smallest absolute Gasteiger partial charge is 0.136 e. The van der Waals surface area contributed by atoms with Crippen LogP contribution in [0.2, 0.25) is 0 Å². The lowest BCUT2D eigenvalue weighted by molar-refractivity contribution is 0.669. The zero-order valence-electron chi connectivity index (χ0n) is 23.2. The largest absolute Gasteiger partial charge is 0.456 e. The van der Waals surface area contributed by atoms with Gasteiger partial charge in [-0.3, -0.25) is 0 Å². The minimum absolute atomic E-state index is 0.938. The van der Waals surface area contributed by atoms with Crippen molar-refractivity contribution in [2.24, 2.45) is 0 Å². The second-order valence-corrected chi connectivity index (χ2v) is 12.0. The van der Waals surface area contributed by atoms with Gasteiger partial charge >= 0.3 is 0 Å². The maximum Gasteiger partial charge on any atom is 0.136 e. The lowest BCUT2D eigenvalue weighted by Gasteiger charge is -2.26. The van der Waals surface area contributed by atoms with E-state index in [1.807, 2.05) is 17.4 Å². The Morgan fingerprint density at radius 3 is 2.02 bits per heavy atom. The summed E-state index contributed by atoms with van der Waals surface area (Å²) in [4.78, 5) is 2.33. The molecule has 0 aliphatic rings. The Kier molecular flexibility index (Phi) is 5.40. The molecule has 0 radical (unpaired) electrons. The third-order valence-corrected chi connectivity index (χ3v) is 9.72. The van der Waals surface area contributed by atoms with E-state index in [4.69, 9.17) is 4.42 Å². The van der Waals surface area contributed by atoms with Crippen molar-refractivity contribution < 1.29 is 4.42 Å². The van der Waals surface area contributed by atoms with Crippen LogP contribution in [0, 0.1) is 0 Å². The van der Waals surface area contributed by atoms with Crippen molar-refractivity contribution in [1.82, 2.24) is 0 Å². The van der Waals surface area contributed by atoms with Crippen molar-refractivity contribution in [2.75, 3.05) is 4.90 Å². The molecule has 7 aromatic carbocycles. The molecule has 202 valence electrons. The highest BCUT2D eigenvalue weighted by Gasteiger charge is 2.17. The molecule has 0 fully saturated rings. The molecule has 9 aromatic rings. The first-order valence-corrected chi connectivity index (χ1v) is 15.3. The van der Waals surface area contributed by atoms with Crippen molar-refractivity contribution in [2.45, 2.75) is 0 Å². The Bertz CT molecular complexity index is 2450. The average molecular weight is 568 g/mol. The van der Waals surface area contributed by atoms with Gasteiger partial charge in [-0.15, -0.1) is 11.3 Å². The highest BCUT2D eigenvalue weighted by Crippen LogP contribution is 2.45. The Morgan fingerprint density at radius 2 is 1.14 bits per heavy atom. The van der Waals surface area contributed by atoms with Gasteiger partial charge in [0.05, 0.1) is 0 Å². The molecule has 2 nitrogen and oxygen atoms in total. The van der Waals surface area contributed by atoms with Crippen molar-refractivity contribution in [1.29, 1.82) is 0 Å². The first-order valence-electron chi connectivity index (χ1n) is 14.5. The predicted octanol–water partition coefficient (Wildman–Crippen LogP) is 12.2. The summed E-state index contributed by atoms with van der Waals surface area (Å²) in [7, 11) is 0. The molecule has 9 rings (SSSR count). The molecule has 2 aromatic heterocycles. The number of anilines is 3. The molecule has 0 saturated heterocycles. The SMILES string of the molecule is c1ccc(N(c2ccc(-c3cccc4c3sc3c4ccc4oc5ccccc5c43)cc2)c2ccc3ccccc3c2)cc1. The molecule has 0 N–H and O–H groups in total. The van der Waals surface area contributed by atoms with Gasteiger partial charge < -0.3 is 9.32 Å². The van der Waals surface area contributed by atoms with Crippen LogP contribution in [-0.2, 0) is 0 Å². The molecule has 0 aliphatic carbocycles. The van der Waals surface area contributed by atoms with Crippen LogP contribution in [-0.4, -0.2) is 0 Å². The molecular weight excluding hydrogens is 543 g/mol. The topological polar surface area (TPSA) is 16.4 Å². The molecule has 0 bridgehead atoms. The van der Waals surface area contributed by atoms with Crippen LogP contribution in [0.25, 0.3) is 64.0 Å². The second kappa shape index (κ2) is 9.59. The van der Waals surface area contributed by atoms with Crippen LogP contribution in [0.4, 0.5) is 17.1 Å². The van der Waals surface area contributed by atoms with Gasteiger partial charge in [0.2, 0.25) is 0 Å². The highest BCUT2D eigenvalue weighted by molar-refractivity contribution is 7.27. The number of nitrogens with zero attached hydrogens (tertiary/aromatic N) is 1. The Hall–Kier alpha value is -5.38. The number of furan rings is 1. The van der Waals surface area contributed by atoms with Gasteiger partial charge in [0.15, 0.2) is 0 Å². The molecule has 3 heteroatoms. The van der Waals surface area contributed by atoms with Crippen molar-refractivity contribution >= 4 is 81.3 Å². The van der Waals surface area contributed by atoms with Crippen LogP contribution in [0.5, 0.6) is 0 Å². The fourth-order valence-electron chi connectivity index (χ4n) is 6.42. The van der Waals surface area contributed by atoms with Crippen LogP contribution in [0.3, 0.4) is 0 Å². The van der Waals surface area contributed by atoms with E-state index in [1.165, 1.54) is 52.8 Å². The van der Waals surface area contributed by atoms with Gasteiger partial charge in [-0.1, -0.05) is 97.1 Å². The lowest BCUT2D eigenvalue weighted by atomic mass is 10.0. The van der Waals surface area contributed by atoms with E-state index in [9.17, 15) is 0 Å². The van der Waals surface area contributed by atoms with E-state index >= 15 is 0 Å². The summed E-state index contributed by atoms with van der Waals surface area (Å²) in [5, 5.41) is 7.43. The van der Waals surface area contributed by atoms with E-state index in [0.717, 1.165) is 28.2 Å². The molecule has 0 saturated carbocycles. The summed E-state index contributed by atoms with van der Waals surface area (Å²) in [5.74, 6) is 0. The zero-order chi connectivity index (χ0) is 28.3. The number of para-hydroxylation sites is 2. The third-order valence-electron chi connectivity index (χ3n) is 8.45. The molecule has 0 spiro atoms. The number of hydrogen-bond donors (Lipinski definition) is 0. The summed E-state index contributed by atoms with van der Waals surface area (Å²) in [5.41, 5.74) is 7.74. The Labute approximate surface area is 252 Å². The van der Waals surface area contributed by atoms with Crippen molar-refractivity contribution in [3.63, 3.8) is 0 Å².